The summed E-state index contributed by atoms with van der Waals surface area (Å²) >= 11 is 0. The molecule has 0 aliphatic carbocycles. The van der Waals surface area contributed by atoms with Crippen molar-refractivity contribution in [2.75, 3.05) is 6.54 Å². The van der Waals surface area contributed by atoms with Gasteiger partial charge in [-0.3, -0.25) is 10.1 Å². The smallest absolute Gasteiger partial charge is 0.258 e. The van der Waals surface area contributed by atoms with Gasteiger partial charge in [0.1, 0.15) is 0 Å². The topological polar surface area (TPSA) is 80.5 Å². The predicted octanol–water partition coefficient (Wildman–Crippen LogP) is 3.50. The number of hydrogen-bond donors (Lipinski definition) is 0. The van der Waals surface area contributed by atoms with Crippen LogP contribution in [0.1, 0.15) is 24.5 Å². The minimum Gasteiger partial charge on any atom is -0.258 e. The third kappa shape index (κ3) is 3.98. The molecule has 24 heavy (non-hydrogen) atoms. The van der Waals surface area contributed by atoms with Gasteiger partial charge in [-0.2, -0.15) is 4.31 Å². The molecule has 0 spiro atoms. The molecule has 7 heteroatoms. The molecule has 0 aliphatic rings. The summed E-state index contributed by atoms with van der Waals surface area (Å²) in [4.78, 5) is 10.5. The van der Waals surface area contributed by atoms with Crippen LogP contribution in [0.3, 0.4) is 0 Å². The van der Waals surface area contributed by atoms with E-state index in [1.807, 2.05) is 37.3 Å². The molecule has 2 aromatic carbocycles. The molecule has 0 fully saturated rings. The lowest BCUT2D eigenvalue weighted by Crippen LogP contribution is -2.31. The normalized spacial score (nSPS) is 11.6. The average Bonchev–Trinajstić information content (AvgIpc) is 2.55. The first-order chi connectivity index (χ1) is 11.4. The summed E-state index contributed by atoms with van der Waals surface area (Å²) in [5.74, 6) is 0. The van der Waals surface area contributed by atoms with Crippen molar-refractivity contribution >= 4 is 15.7 Å². The highest BCUT2D eigenvalue weighted by Crippen LogP contribution is 2.25. The molecule has 0 saturated heterocycles. The lowest BCUT2D eigenvalue weighted by molar-refractivity contribution is -0.385. The number of aryl methyl sites for hydroxylation is 1. The number of sulfonamides is 1. The average molecular weight is 348 g/mol. The third-order valence-corrected chi connectivity index (χ3v) is 5.53. The Kier molecular flexibility index (Phi) is 5.69. The van der Waals surface area contributed by atoms with Gasteiger partial charge in [0.15, 0.2) is 0 Å². The van der Waals surface area contributed by atoms with Crippen LogP contribution < -0.4 is 0 Å². The molecule has 0 atom stereocenters. The highest BCUT2D eigenvalue weighted by molar-refractivity contribution is 7.89. The molecule has 0 amide bonds. The molecule has 0 saturated carbocycles. The predicted molar refractivity (Wildman–Crippen MR) is 92.2 cm³/mol. The first-order valence-corrected chi connectivity index (χ1v) is 9.09. The summed E-state index contributed by atoms with van der Waals surface area (Å²) in [5, 5.41) is 11.1. The van der Waals surface area contributed by atoms with E-state index in [0.717, 1.165) is 11.6 Å². The quantitative estimate of drug-likeness (QED) is 0.566. The maximum absolute atomic E-state index is 12.9. The van der Waals surface area contributed by atoms with Crippen molar-refractivity contribution in [1.82, 2.24) is 4.31 Å². The number of rotatable bonds is 7. The second-order valence-electron chi connectivity index (χ2n) is 5.53. The van der Waals surface area contributed by atoms with E-state index in [1.54, 1.807) is 6.92 Å². The fourth-order valence-electron chi connectivity index (χ4n) is 2.42. The molecule has 0 aromatic heterocycles. The first kappa shape index (κ1) is 18.1. The van der Waals surface area contributed by atoms with Crippen LogP contribution in [0.5, 0.6) is 0 Å². The molecule has 0 aliphatic heterocycles. The van der Waals surface area contributed by atoms with Crippen LogP contribution in [0.15, 0.2) is 53.4 Å². The second kappa shape index (κ2) is 7.55. The van der Waals surface area contributed by atoms with Crippen LogP contribution in [0.25, 0.3) is 0 Å². The van der Waals surface area contributed by atoms with Crippen molar-refractivity contribution in [2.24, 2.45) is 0 Å². The summed E-state index contributed by atoms with van der Waals surface area (Å²) in [6.07, 6.45) is 0.653. The minimum atomic E-state index is -3.81. The Morgan fingerprint density at radius 2 is 1.79 bits per heavy atom. The van der Waals surface area contributed by atoms with Gasteiger partial charge in [0.2, 0.25) is 10.0 Å². The van der Waals surface area contributed by atoms with Crippen molar-refractivity contribution in [1.29, 1.82) is 0 Å². The Hall–Kier alpha value is -2.25. The number of hydrogen-bond acceptors (Lipinski definition) is 4. The maximum atomic E-state index is 12.9. The Balaban J connectivity index is 2.41. The van der Waals surface area contributed by atoms with Gasteiger partial charge in [-0.1, -0.05) is 43.3 Å². The highest BCUT2D eigenvalue weighted by Gasteiger charge is 2.26. The lowest BCUT2D eigenvalue weighted by atomic mass is 10.2. The SMILES string of the molecule is CCCN(Cc1ccccc1)S(=O)(=O)c1ccc(C)c([N+](=O)[O-])c1. The lowest BCUT2D eigenvalue weighted by Gasteiger charge is -2.22. The molecular weight excluding hydrogens is 328 g/mol. The van der Waals surface area contributed by atoms with Gasteiger partial charge >= 0.3 is 0 Å². The van der Waals surface area contributed by atoms with Crippen LogP contribution in [0.4, 0.5) is 5.69 Å². The Labute approximate surface area is 141 Å². The molecule has 2 rings (SSSR count). The van der Waals surface area contributed by atoms with Gasteiger partial charge in [0.25, 0.3) is 5.69 Å². The Morgan fingerprint density at radius 3 is 2.38 bits per heavy atom. The van der Waals surface area contributed by atoms with Gasteiger partial charge in [0.05, 0.1) is 9.82 Å². The van der Waals surface area contributed by atoms with Crippen LogP contribution in [-0.2, 0) is 16.6 Å². The van der Waals surface area contributed by atoms with E-state index in [9.17, 15) is 18.5 Å². The van der Waals surface area contributed by atoms with Crippen LogP contribution in [-0.4, -0.2) is 24.2 Å². The van der Waals surface area contributed by atoms with Crippen molar-refractivity contribution < 1.29 is 13.3 Å². The molecule has 0 heterocycles. The van der Waals surface area contributed by atoms with E-state index in [4.69, 9.17) is 0 Å². The summed E-state index contributed by atoms with van der Waals surface area (Å²) in [6, 6.07) is 13.3. The molecular formula is C17H20N2O4S. The zero-order valence-corrected chi connectivity index (χ0v) is 14.5. The molecule has 0 radical (unpaired) electrons. The van der Waals surface area contributed by atoms with E-state index < -0.39 is 14.9 Å². The van der Waals surface area contributed by atoms with Crippen LogP contribution in [0.2, 0.25) is 0 Å². The largest absolute Gasteiger partial charge is 0.273 e. The van der Waals surface area contributed by atoms with E-state index in [2.05, 4.69) is 0 Å². The van der Waals surface area contributed by atoms with E-state index >= 15 is 0 Å². The van der Waals surface area contributed by atoms with E-state index in [-0.39, 0.29) is 17.1 Å². The van der Waals surface area contributed by atoms with Crippen LogP contribution in [0, 0.1) is 17.0 Å². The summed E-state index contributed by atoms with van der Waals surface area (Å²) in [6.45, 7) is 4.06. The first-order valence-electron chi connectivity index (χ1n) is 7.65. The fourth-order valence-corrected chi connectivity index (χ4v) is 3.96. The van der Waals surface area contributed by atoms with Crippen molar-refractivity contribution in [3.63, 3.8) is 0 Å². The zero-order chi connectivity index (χ0) is 17.7. The monoisotopic (exact) mass is 348 g/mol. The maximum Gasteiger partial charge on any atom is 0.273 e. The summed E-state index contributed by atoms with van der Waals surface area (Å²) < 4.78 is 27.2. The molecule has 128 valence electrons. The Morgan fingerprint density at radius 1 is 1.12 bits per heavy atom. The number of nitrogens with zero attached hydrogens (tertiary/aromatic N) is 2. The standard InChI is InChI=1S/C17H20N2O4S/c1-3-11-18(13-15-7-5-4-6-8-15)24(22,23)16-10-9-14(2)17(12-16)19(20)21/h4-10,12H,3,11,13H2,1-2H3. The molecule has 0 N–H and O–H groups in total. The van der Waals surface area contributed by atoms with Crippen molar-refractivity contribution in [2.45, 2.75) is 31.7 Å². The molecule has 0 unspecified atom stereocenters. The van der Waals surface area contributed by atoms with Gasteiger partial charge in [-0.25, -0.2) is 8.42 Å². The molecule has 6 nitrogen and oxygen atoms in total. The number of nitro groups is 1. The van der Waals surface area contributed by atoms with Gasteiger partial charge in [-0.05, 0) is 25.0 Å². The van der Waals surface area contributed by atoms with Gasteiger partial charge in [-0.15, -0.1) is 0 Å². The summed E-state index contributed by atoms with van der Waals surface area (Å²) in [7, 11) is -3.81. The molecule has 0 bridgehead atoms. The van der Waals surface area contributed by atoms with Gasteiger partial charge in [0, 0.05) is 24.7 Å². The third-order valence-electron chi connectivity index (χ3n) is 3.69. The Bertz CT molecular complexity index is 820. The zero-order valence-electron chi connectivity index (χ0n) is 13.7. The number of nitro benzene ring substituents is 1. The van der Waals surface area contributed by atoms with Crippen LogP contribution >= 0.6 is 0 Å². The fraction of sp³-hybridized carbons (Fsp3) is 0.294. The van der Waals surface area contributed by atoms with Crippen molar-refractivity contribution in [3.05, 3.63) is 69.8 Å². The van der Waals surface area contributed by atoms with Crippen molar-refractivity contribution in [3.8, 4) is 0 Å². The minimum absolute atomic E-state index is 0.0517. The second-order valence-corrected chi connectivity index (χ2v) is 7.47. The molecule has 2 aromatic rings. The number of benzene rings is 2. The van der Waals surface area contributed by atoms with E-state index in [0.29, 0.717) is 18.5 Å². The highest BCUT2D eigenvalue weighted by atomic mass is 32.2. The van der Waals surface area contributed by atoms with E-state index in [1.165, 1.54) is 16.4 Å². The summed E-state index contributed by atoms with van der Waals surface area (Å²) in [5.41, 5.74) is 1.12. The van der Waals surface area contributed by atoms with Gasteiger partial charge < -0.3 is 0 Å².